The van der Waals surface area contributed by atoms with E-state index in [1.165, 1.54) is 0 Å². The van der Waals surface area contributed by atoms with Gasteiger partial charge in [-0.25, -0.2) is 0 Å². The predicted molar refractivity (Wildman–Crippen MR) is 148 cm³/mol. The Labute approximate surface area is 223 Å². The zero-order chi connectivity index (χ0) is 26.1. The zero-order valence-corrected chi connectivity index (χ0v) is 23.0. The Hall–Kier alpha value is -3.12. The monoisotopic (exact) mass is 550 g/mol. The van der Waals surface area contributed by atoms with E-state index in [0.29, 0.717) is 31.2 Å². The first-order chi connectivity index (χ1) is 17.2. The van der Waals surface area contributed by atoms with E-state index in [9.17, 15) is 9.59 Å². The van der Waals surface area contributed by atoms with Crippen LogP contribution in [0.1, 0.15) is 36.1 Å². The van der Waals surface area contributed by atoms with Gasteiger partial charge in [-0.3, -0.25) is 9.59 Å². The molecular formula is C30H35BrN2O3. The normalized spacial score (nSPS) is 11.7. The molecule has 0 fully saturated rings. The van der Waals surface area contributed by atoms with Crippen LogP contribution in [0.2, 0.25) is 0 Å². The Morgan fingerprint density at radius 2 is 1.67 bits per heavy atom. The summed E-state index contributed by atoms with van der Waals surface area (Å²) >= 11 is 3.52. The lowest BCUT2D eigenvalue weighted by Gasteiger charge is -2.32. The molecular weight excluding hydrogens is 516 g/mol. The number of amides is 2. The summed E-state index contributed by atoms with van der Waals surface area (Å²) in [5.41, 5.74) is 4.02. The van der Waals surface area contributed by atoms with Crippen LogP contribution in [0, 0.1) is 19.8 Å². The van der Waals surface area contributed by atoms with Gasteiger partial charge in [-0.15, -0.1) is 0 Å². The van der Waals surface area contributed by atoms with Crippen molar-refractivity contribution < 1.29 is 14.3 Å². The van der Waals surface area contributed by atoms with E-state index in [2.05, 4.69) is 35.1 Å². The Kier molecular flexibility index (Phi) is 10.1. The quantitative estimate of drug-likeness (QED) is 0.325. The number of hydrogen-bond donors (Lipinski definition) is 1. The molecule has 0 heterocycles. The second kappa shape index (κ2) is 13.3. The highest BCUT2D eigenvalue weighted by molar-refractivity contribution is 9.10. The zero-order valence-electron chi connectivity index (χ0n) is 21.5. The van der Waals surface area contributed by atoms with Crippen LogP contribution in [0.4, 0.5) is 0 Å². The largest absolute Gasteiger partial charge is 0.483 e. The van der Waals surface area contributed by atoms with E-state index in [0.717, 1.165) is 26.7 Å². The first-order valence-corrected chi connectivity index (χ1v) is 13.1. The minimum atomic E-state index is -0.680. The summed E-state index contributed by atoms with van der Waals surface area (Å²) in [7, 11) is 0. The Morgan fingerprint density at radius 1 is 0.944 bits per heavy atom. The van der Waals surface area contributed by atoms with E-state index < -0.39 is 6.04 Å². The summed E-state index contributed by atoms with van der Waals surface area (Å²) in [6, 6.07) is 22.8. The topological polar surface area (TPSA) is 58.6 Å². The van der Waals surface area contributed by atoms with Crippen molar-refractivity contribution in [1.82, 2.24) is 10.2 Å². The van der Waals surface area contributed by atoms with Crippen LogP contribution in [0.15, 0.2) is 77.3 Å². The Morgan fingerprint density at radius 3 is 2.33 bits per heavy atom. The summed E-state index contributed by atoms with van der Waals surface area (Å²) < 4.78 is 6.86. The molecule has 190 valence electrons. The first kappa shape index (κ1) is 27.5. The highest BCUT2D eigenvalue weighted by Crippen LogP contribution is 2.21. The maximum atomic E-state index is 13.7. The molecule has 3 aromatic carbocycles. The Bertz CT molecular complexity index is 1160. The second-order valence-electron chi connectivity index (χ2n) is 9.55. The molecule has 0 saturated heterocycles. The highest BCUT2D eigenvalue weighted by atomic mass is 79.9. The smallest absolute Gasteiger partial charge is 0.261 e. The SMILES string of the molecule is Cc1ccc(OCC(=O)N(Cc2cccc(Br)c2)[C@H](Cc2ccccc2)C(=O)NCC(C)C)c(C)c1. The van der Waals surface area contributed by atoms with E-state index in [-0.39, 0.29) is 18.4 Å². The molecule has 0 bridgehead atoms. The molecule has 1 N–H and O–H groups in total. The first-order valence-electron chi connectivity index (χ1n) is 12.3. The van der Waals surface area contributed by atoms with Gasteiger partial charge in [0, 0.05) is 24.0 Å². The number of carbonyl (C=O) groups is 2. The van der Waals surface area contributed by atoms with Gasteiger partial charge in [0.25, 0.3) is 5.91 Å². The van der Waals surface area contributed by atoms with Crippen LogP contribution >= 0.6 is 15.9 Å². The van der Waals surface area contributed by atoms with Crippen LogP contribution in [-0.2, 0) is 22.6 Å². The van der Waals surface area contributed by atoms with Crippen LogP contribution < -0.4 is 10.1 Å². The van der Waals surface area contributed by atoms with Crippen LogP contribution in [-0.4, -0.2) is 35.9 Å². The van der Waals surface area contributed by atoms with Gasteiger partial charge in [-0.1, -0.05) is 89.9 Å². The standard InChI is InChI=1S/C30H35BrN2O3/c1-21(2)18-32-30(35)27(17-24-9-6-5-7-10-24)33(19-25-11-8-12-26(31)16-25)29(34)20-36-28-14-13-22(3)15-23(28)4/h5-16,21,27H,17-20H2,1-4H3,(H,32,35)/t27-/m1/s1. The van der Waals surface area contributed by atoms with E-state index >= 15 is 0 Å². The lowest BCUT2D eigenvalue weighted by atomic mass is 10.0. The van der Waals surface area contributed by atoms with Gasteiger partial charge in [0.05, 0.1) is 0 Å². The summed E-state index contributed by atoms with van der Waals surface area (Å²) in [6.07, 6.45) is 0.411. The molecule has 0 saturated carbocycles. The molecule has 0 aliphatic heterocycles. The fraction of sp³-hybridized carbons (Fsp3) is 0.333. The highest BCUT2D eigenvalue weighted by Gasteiger charge is 2.30. The fourth-order valence-corrected chi connectivity index (χ4v) is 4.44. The predicted octanol–water partition coefficient (Wildman–Crippen LogP) is 5.86. The van der Waals surface area contributed by atoms with E-state index in [4.69, 9.17) is 4.74 Å². The number of nitrogens with zero attached hydrogens (tertiary/aromatic N) is 1. The van der Waals surface area contributed by atoms with Crippen LogP contribution in [0.3, 0.4) is 0 Å². The summed E-state index contributed by atoms with van der Waals surface area (Å²) in [5, 5.41) is 3.04. The van der Waals surface area contributed by atoms with Gasteiger partial charge in [0.2, 0.25) is 5.91 Å². The van der Waals surface area contributed by atoms with Crippen molar-refractivity contribution in [2.45, 2.75) is 46.7 Å². The molecule has 0 aliphatic rings. The second-order valence-corrected chi connectivity index (χ2v) is 10.5. The van der Waals surface area contributed by atoms with Gasteiger partial charge in [-0.05, 0) is 54.7 Å². The summed E-state index contributed by atoms with van der Waals surface area (Å²) in [4.78, 5) is 28.8. The lowest BCUT2D eigenvalue weighted by Crippen LogP contribution is -2.52. The minimum Gasteiger partial charge on any atom is -0.483 e. The number of rotatable bonds is 11. The number of benzene rings is 3. The van der Waals surface area contributed by atoms with Crippen molar-refractivity contribution in [3.8, 4) is 5.75 Å². The molecule has 3 rings (SSSR count). The van der Waals surface area contributed by atoms with Crippen molar-refractivity contribution >= 4 is 27.7 Å². The number of aryl methyl sites for hydroxylation is 2. The average Bonchev–Trinajstić information content (AvgIpc) is 2.84. The molecule has 0 aromatic heterocycles. The molecule has 0 radical (unpaired) electrons. The molecule has 3 aromatic rings. The molecule has 6 heteroatoms. The lowest BCUT2D eigenvalue weighted by molar-refractivity contribution is -0.142. The maximum Gasteiger partial charge on any atom is 0.261 e. The number of carbonyl (C=O) groups excluding carboxylic acids is 2. The van der Waals surface area contributed by atoms with Gasteiger partial charge in [0.1, 0.15) is 11.8 Å². The third-order valence-electron chi connectivity index (χ3n) is 5.88. The van der Waals surface area contributed by atoms with Crippen LogP contribution in [0.25, 0.3) is 0 Å². The minimum absolute atomic E-state index is 0.152. The van der Waals surface area contributed by atoms with Crippen LogP contribution in [0.5, 0.6) is 5.75 Å². The van der Waals surface area contributed by atoms with Crippen molar-refractivity contribution in [2.75, 3.05) is 13.2 Å². The molecule has 0 aliphatic carbocycles. The van der Waals surface area contributed by atoms with Crippen molar-refractivity contribution in [3.05, 3.63) is 99.5 Å². The van der Waals surface area contributed by atoms with Gasteiger partial charge < -0.3 is 15.0 Å². The van der Waals surface area contributed by atoms with E-state index in [1.54, 1.807) is 4.90 Å². The van der Waals surface area contributed by atoms with E-state index in [1.807, 2.05) is 86.6 Å². The fourth-order valence-electron chi connectivity index (χ4n) is 3.99. The number of halogens is 1. The Balaban J connectivity index is 1.91. The number of hydrogen-bond acceptors (Lipinski definition) is 3. The third kappa shape index (κ3) is 8.23. The van der Waals surface area contributed by atoms with Gasteiger partial charge >= 0.3 is 0 Å². The summed E-state index contributed by atoms with van der Waals surface area (Å²) in [5.74, 6) is 0.562. The number of nitrogens with one attached hydrogen (secondary N) is 1. The number of ether oxygens (including phenoxy) is 1. The van der Waals surface area contributed by atoms with Crippen molar-refractivity contribution in [1.29, 1.82) is 0 Å². The third-order valence-corrected chi connectivity index (χ3v) is 6.37. The molecule has 5 nitrogen and oxygen atoms in total. The molecule has 36 heavy (non-hydrogen) atoms. The summed E-state index contributed by atoms with van der Waals surface area (Å²) in [6.45, 7) is 8.77. The van der Waals surface area contributed by atoms with Crippen molar-refractivity contribution in [3.63, 3.8) is 0 Å². The molecule has 0 unspecified atom stereocenters. The molecule has 1 atom stereocenters. The maximum absolute atomic E-state index is 13.7. The van der Waals surface area contributed by atoms with Crippen molar-refractivity contribution in [2.24, 2.45) is 5.92 Å². The molecule has 0 spiro atoms. The van der Waals surface area contributed by atoms with Gasteiger partial charge in [0.15, 0.2) is 6.61 Å². The molecule has 2 amide bonds. The van der Waals surface area contributed by atoms with Gasteiger partial charge in [-0.2, -0.15) is 0 Å². The average molecular weight is 552 g/mol.